The molecule has 2 nitrogen and oxygen atoms in total. The lowest BCUT2D eigenvalue weighted by atomic mass is 9.85. The van der Waals surface area contributed by atoms with Crippen molar-refractivity contribution in [1.29, 1.82) is 0 Å². The van der Waals surface area contributed by atoms with Crippen LogP contribution in [0.25, 0.3) is 0 Å². The largest absolute Gasteiger partial charge is 0.297 e. The SMILES string of the molecule is Cc1ccc(C2=NC(C(=O)Cc3ccccc3)C(c3ccc(C)cc3)C2)cc1. The molecule has 0 saturated carbocycles. The van der Waals surface area contributed by atoms with E-state index in [1.165, 1.54) is 16.7 Å². The van der Waals surface area contributed by atoms with E-state index in [9.17, 15) is 4.79 Å². The molecule has 140 valence electrons. The topological polar surface area (TPSA) is 29.4 Å². The molecule has 0 aliphatic carbocycles. The van der Waals surface area contributed by atoms with Crippen LogP contribution in [-0.2, 0) is 11.2 Å². The first-order valence-electron chi connectivity index (χ1n) is 9.87. The van der Waals surface area contributed by atoms with Gasteiger partial charge in [0.15, 0.2) is 5.78 Å². The number of nitrogens with zero attached hydrogens (tertiary/aromatic N) is 1. The third-order valence-electron chi connectivity index (χ3n) is 5.53. The molecule has 0 N–H and O–H groups in total. The number of Topliss-reactive ketones (excluding diaryl/α,β-unsaturated/α-hetero) is 1. The monoisotopic (exact) mass is 367 g/mol. The number of aliphatic imine (C=N–C) groups is 1. The van der Waals surface area contributed by atoms with Crippen molar-refractivity contribution in [2.24, 2.45) is 4.99 Å². The molecule has 3 aromatic rings. The van der Waals surface area contributed by atoms with Crippen LogP contribution >= 0.6 is 0 Å². The molecule has 0 aromatic heterocycles. The molecule has 2 unspecified atom stereocenters. The van der Waals surface area contributed by atoms with E-state index in [2.05, 4.69) is 62.4 Å². The number of rotatable bonds is 5. The summed E-state index contributed by atoms with van der Waals surface area (Å²) < 4.78 is 0. The summed E-state index contributed by atoms with van der Waals surface area (Å²) in [4.78, 5) is 18.1. The highest BCUT2D eigenvalue weighted by molar-refractivity contribution is 6.05. The van der Waals surface area contributed by atoms with Gasteiger partial charge in [0.25, 0.3) is 0 Å². The Kier molecular flexibility index (Phi) is 5.21. The smallest absolute Gasteiger partial charge is 0.162 e. The third kappa shape index (κ3) is 3.96. The van der Waals surface area contributed by atoms with Crippen molar-refractivity contribution in [3.63, 3.8) is 0 Å². The zero-order chi connectivity index (χ0) is 19.5. The maximum Gasteiger partial charge on any atom is 0.162 e. The van der Waals surface area contributed by atoms with Crippen molar-refractivity contribution in [3.05, 3.63) is 107 Å². The normalized spacial score (nSPS) is 18.7. The summed E-state index contributed by atoms with van der Waals surface area (Å²) in [5.41, 5.74) is 6.87. The van der Waals surface area contributed by atoms with Crippen LogP contribution in [0.2, 0.25) is 0 Å². The minimum atomic E-state index is -0.320. The van der Waals surface area contributed by atoms with Gasteiger partial charge < -0.3 is 0 Å². The maximum atomic E-state index is 13.2. The Hall–Kier alpha value is -3.00. The Bertz CT molecular complexity index is 985. The second kappa shape index (κ2) is 7.93. The second-order valence-corrected chi connectivity index (χ2v) is 7.74. The minimum absolute atomic E-state index is 0.105. The van der Waals surface area contributed by atoms with Crippen molar-refractivity contribution in [2.75, 3.05) is 0 Å². The summed E-state index contributed by atoms with van der Waals surface area (Å²) >= 11 is 0. The average Bonchev–Trinajstić information content (AvgIpc) is 3.15. The van der Waals surface area contributed by atoms with Gasteiger partial charge in [0, 0.05) is 18.1 Å². The Balaban J connectivity index is 1.65. The lowest BCUT2D eigenvalue weighted by molar-refractivity contribution is -0.119. The molecule has 0 saturated heterocycles. The van der Waals surface area contributed by atoms with Crippen molar-refractivity contribution in [3.8, 4) is 0 Å². The molecule has 0 radical (unpaired) electrons. The van der Waals surface area contributed by atoms with Gasteiger partial charge in [-0.2, -0.15) is 0 Å². The molecule has 2 atom stereocenters. The van der Waals surface area contributed by atoms with Gasteiger partial charge in [0.2, 0.25) is 0 Å². The summed E-state index contributed by atoms with van der Waals surface area (Å²) in [5.74, 6) is 0.298. The van der Waals surface area contributed by atoms with Gasteiger partial charge in [-0.3, -0.25) is 9.79 Å². The average molecular weight is 367 g/mol. The number of aryl methyl sites for hydroxylation is 2. The molecule has 4 rings (SSSR count). The predicted molar refractivity (Wildman–Crippen MR) is 115 cm³/mol. The van der Waals surface area contributed by atoms with E-state index in [0.717, 1.165) is 23.3 Å². The molecule has 0 fully saturated rings. The van der Waals surface area contributed by atoms with Crippen LogP contribution in [0.15, 0.2) is 83.9 Å². The van der Waals surface area contributed by atoms with E-state index >= 15 is 0 Å². The van der Waals surface area contributed by atoms with Gasteiger partial charge in [0.05, 0.1) is 0 Å². The minimum Gasteiger partial charge on any atom is -0.297 e. The van der Waals surface area contributed by atoms with Gasteiger partial charge in [0.1, 0.15) is 6.04 Å². The van der Waals surface area contributed by atoms with Crippen LogP contribution < -0.4 is 0 Å². The zero-order valence-electron chi connectivity index (χ0n) is 16.4. The van der Waals surface area contributed by atoms with Crippen molar-refractivity contribution in [2.45, 2.75) is 38.6 Å². The quantitative estimate of drug-likeness (QED) is 0.589. The fourth-order valence-corrected chi connectivity index (χ4v) is 3.88. The fraction of sp³-hybridized carbons (Fsp3) is 0.231. The van der Waals surface area contributed by atoms with Gasteiger partial charge in [-0.15, -0.1) is 0 Å². The molecular weight excluding hydrogens is 342 g/mol. The Labute approximate surface area is 167 Å². The van der Waals surface area contributed by atoms with Crippen LogP contribution in [0.5, 0.6) is 0 Å². The number of carbonyl (C=O) groups is 1. The number of hydrogen-bond acceptors (Lipinski definition) is 2. The van der Waals surface area contributed by atoms with Crippen molar-refractivity contribution < 1.29 is 4.79 Å². The highest BCUT2D eigenvalue weighted by atomic mass is 16.1. The molecule has 3 aromatic carbocycles. The van der Waals surface area contributed by atoms with Gasteiger partial charge in [-0.25, -0.2) is 0 Å². The van der Waals surface area contributed by atoms with E-state index in [-0.39, 0.29) is 17.7 Å². The van der Waals surface area contributed by atoms with Gasteiger partial charge in [-0.1, -0.05) is 90.0 Å². The van der Waals surface area contributed by atoms with E-state index in [4.69, 9.17) is 4.99 Å². The number of carbonyl (C=O) groups excluding carboxylic acids is 1. The molecule has 28 heavy (non-hydrogen) atoms. The Morgan fingerprint density at radius 3 is 2.11 bits per heavy atom. The van der Waals surface area contributed by atoms with Crippen molar-refractivity contribution in [1.82, 2.24) is 0 Å². The Morgan fingerprint density at radius 2 is 1.46 bits per heavy atom. The molecule has 1 aliphatic rings. The molecule has 0 spiro atoms. The van der Waals surface area contributed by atoms with Crippen LogP contribution in [-0.4, -0.2) is 17.5 Å². The third-order valence-corrected chi connectivity index (χ3v) is 5.53. The van der Waals surface area contributed by atoms with Crippen molar-refractivity contribution >= 4 is 11.5 Å². The molecule has 1 aliphatic heterocycles. The van der Waals surface area contributed by atoms with E-state index in [1.807, 2.05) is 30.3 Å². The summed E-state index contributed by atoms with van der Waals surface area (Å²) in [6.45, 7) is 4.17. The van der Waals surface area contributed by atoms with Crippen LogP contribution in [0.1, 0.15) is 40.2 Å². The molecule has 2 heteroatoms. The second-order valence-electron chi connectivity index (χ2n) is 7.74. The van der Waals surface area contributed by atoms with E-state index in [0.29, 0.717) is 6.42 Å². The first kappa shape index (κ1) is 18.4. The number of ketones is 1. The number of benzene rings is 3. The zero-order valence-corrected chi connectivity index (χ0v) is 16.4. The first-order valence-corrected chi connectivity index (χ1v) is 9.87. The standard InChI is InChI=1S/C26H25NO/c1-18-8-12-21(13-9-18)23-17-24(22-14-10-19(2)11-15-22)27-26(23)25(28)16-20-6-4-3-5-7-20/h3-15,23,26H,16-17H2,1-2H3. The summed E-state index contributed by atoms with van der Waals surface area (Å²) in [7, 11) is 0. The lowest BCUT2D eigenvalue weighted by Crippen LogP contribution is -2.25. The Morgan fingerprint density at radius 1 is 0.857 bits per heavy atom. The van der Waals surface area contributed by atoms with Crippen LogP contribution in [0.3, 0.4) is 0 Å². The maximum absolute atomic E-state index is 13.2. The van der Waals surface area contributed by atoms with Crippen LogP contribution in [0.4, 0.5) is 0 Å². The molecular formula is C26H25NO. The predicted octanol–water partition coefficient (Wildman–Crippen LogP) is 5.46. The highest BCUT2D eigenvalue weighted by Gasteiger charge is 2.35. The fourth-order valence-electron chi connectivity index (χ4n) is 3.88. The van der Waals surface area contributed by atoms with Crippen LogP contribution in [0, 0.1) is 13.8 Å². The highest BCUT2D eigenvalue weighted by Crippen LogP contribution is 2.35. The van der Waals surface area contributed by atoms with Gasteiger partial charge in [-0.05, 0) is 37.0 Å². The molecule has 1 heterocycles. The first-order chi connectivity index (χ1) is 13.6. The van der Waals surface area contributed by atoms with E-state index in [1.54, 1.807) is 0 Å². The molecule has 0 amide bonds. The summed E-state index contributed by atoms with van der Waals surface area (Å²) in [6, 6.07) is 26.6. The van der Waals surface area contributed by atoms with E-state index < -0.39 is 0 Å². The summed E-state index contributed by atoms with van der Waals surface area (Å²) in [6.07, 6.45) is 1.23. The number of hydrogen-bond donors (Lipinski definition) is 0. The van der Waals surface area contributed by atoms with Gasteiger partial charge >= 0.3 is 0 Å². The summed E-state index contributed by atoms with van der Waals surface area (Å²) in [5, 5.41) is 0. The lowest BCUT2D eigenvalue weighted by Gasteiger charge is -2.18. The molecule has 0 bridgehead atoms.